The number of para-hydroxylation sites is 1. The third-order valence-electron chi connectivity index (χ3n) is 4.69. The van der Waals surface area contributed by atoms with Crippen molar-refractivity contribution in [1.29, 1.82) is 0 Å². The third-order valence-corrected chi connectivity index (χ3v) is 5.59. The molecule has 142 valence electrons. The van der Waals surface area contributed by atoms with Gasteiger partial charge in [-0.25, -0.2) is 9.67 Å². The Balaban J connectivity index is 0.00000210. The van der Waals surface area contributed by atoms with Crippen molar-refractivity contribution in [2.45, 2.75) is 37.8 Å². The predicted molar refractivity (Wildman–Crippen MR) is 110 cm³/mol. The summed E-state index contributed by atoms with van der Waals surface area (Å²) in [5, 5.41) is 10.1. The van der Waals surface area contributed by atoms with E-state index >= 15 is 0 Å². The number of rotatable bonds is 4. The van der Waals surface area contributed by atoms with Crippen LogP contribution in [0.5, 0.6) is 0 Å². The zero-order valence-corrected chi connectivity index (χ0v) is 16.4. The van der Waals surface area contributed by atoms with Gasteiger partial charge in [0.25, 0.3) is 5.91 Å². The Morgan fingerprint density at radius 3 is 2.67 bits per heavy atom. The van der Waals surface area contributed by atoms with E-state index in [1.165, 1.54) is 11.3 Å². The van der Waals surface area contributed by atoms with E-state index in [9.17, 15) is 4.79 Å². The van der Waals surface area contributed by atoms with Gasteiger partial charge < -0.3 is 11.1 Å². The largest absolute Gasteiger partial charge is 0.348 e. The van der Waals surface area contributed by atoms with Gasteiger partial charge in [0.2, 0.25) is 0 Å². The molecule has 8 heteroatoms. The number of aromatic nitrogens is 3. The number of nitrogens with zero attached hydrogens (tertiary/aromatic N) is 3. The summed E-state index contributed by atoms with van der Waals surface area (Å²) in [4.78, 5) is 16.9. The zero-order chi connectivity index (χ0) is 17.9. The van der Waals surface area contributed by atoms with Crippen LogP contribution in [-0.2, 0) is 0 Å². The molecular weight excluding hydrogens is 382 g/mol. The Morgan fingerprint density at radius 2 is 1.93 bits per heavy atom. The van der Waals surface area contributed by atoms with Gasteiger partial charge in [-0.2, -0.15) is 5.10 Å². The molecule has 3 aromatic rings. The molecule has 1 aliphatic rings. The summed E-state index contributed by atoms with van der Waals surface area (Å²) in [6.07, 6.45) is 7.51. The number of halogens is 1. The lowest BCUT2D eigenvalue weighted by molar-refractivity contribution is 0.0921. The standard InChI is InChI=1S/C19H21N5OS.ClH/c20-14-6-8-15(9-7-14)22-18(25)17-12-26-19(23-17)13-10-21-24(11-13)16-4-2-1-3-5-16;/h1-5,10-12,14-15H,6-9,20H2,(H,22,25);1H. The van der Waals surface area contributed by atoms with Crippen molar-refractivity contribution in [1.82, 2.24) is 20.1 Å². The Morgan fingerprint density at radius 1 is 1.19 bits per heavy atom. The molecule has 0 bridgehead atoms. The van der Waals surface area contributed by atoms with Crippen molar-refractivity contribution >= 4 is 29.7 Å². The maximum atomic E-state index is 12.4. The second-order valence-corrected chi connectivity index (χ2v) is 7.49. The van der Waals surface area contributed by atoms with E-state index in [0.717, 1.165) is 41.9 Å². The van der Waals surface area contributed by atoms with Crippen molar-refractivity contribution in [3.63, 3.8) is 0 Å². The van der Waals surface area contributed by atoms with Gasteiger partial charge in [0, 0.05) is 29.2 Å². The van der Waals surface area contributed by atoms with Gasteiger partial charge in [0.1, 0.15) is 10.7 Å². The van der Waals surface area contributed by atoms with Gasteiger partial charge >= 0.3 is 0 Å². The third kappa shape index (κ3) is 4.55. The highest BCUT2D eigenvalue weighted by molar-refractivity contribution is 7.13. The molecule has 1 aliphatic carbocycles. The van der Waals surface area contributed by atoms with E-state index in [4.69, 9.17) is 5.73 Å². The number of hydrogen-bond donors (Lipinski definition) is 2. The lowest BCUT2D eigenvalue weighted by Gasteiger charge is -2.26. The summed E-state index contributed by atoms with van der Waals surface area (Å²) >= 11 is 1.46. The number of carbonyl (C=O) groups is 1. The molecule has 0 aliphatic heterocycles. The second kappa shape index (κ2) is 8.65. The highest BCUT2D eigenvalue weighted by Crippen LogP contribution is 2.25. The SMILES string of the molecule is Cl.NC1CCC(NC(=O)c2csc(-c3cnn(-c4ccccc4)c3)n2)CC1. The van der Waals surface area contributed by atoms with Crippen LogP contribution in [0, 0.1) is 0 Å². The Labute approximate surface area is 168 Å². The maximum absolute atomic E-state index is 12.4. The minimum Gasteiger partial charge on any atom is -0.348 e. The lowest BCUT2D eigenvalue weighted by atomic mass is 9.92. The molecule has 0 radical (unpaired) electrons. The monoisotopic (exact) mass is 403 g/mol. The van der Waals surface area contributed by atoms with Crippen LogP contribution >= 0.6 is 23.7 Å². The number of amides is 1. The summed E-state index contributed by atoms with van der Waals surface area (Å²) in [6, 6.07) is 10.4. The van der Waals surface area contributed by atoms with Crippen molar-refractivity contribution in [3.8, 4) is 16.3 Å². The molecule has 0 spiro atoms. The highest BCUT2D eigenvalue weighted by Gasteiger charge is 2.22. The van der Waals surface area contributed by atoms with Crippen LogP contribution in [0.4, 0.5) is 0 Å². The fraction of sp³-hybridized carbons (Fsp3) is 0.316. The molecule has 1 saturated carbocycles. The molecule has 1 fully saturated rings. The van der Waals surface area contributed by atoms with Gasteiger partial charge in [-0.15, -0.1) is 23.7 Å². The van der Waals surface area contributed by atoms with E-state index in [-0.39, 0.29) is 30.4 Å². The first-order valence-electron chi connectivity index (χ1n) is 8.81. The van der Waals surface area contributed by atoms with Crippen LogP contribution in [0.25, 0.3) is 16.3 Å². The van der Waals surface area contributed by atoms with Gasteiger partial charge in [0.15, 0.2) is 0 Å². The van der Waals surface area contributed by atoms with E-state index in [1.54, 1.807) is 11.6 Å². The summed E-state index contributed by atoms with van der Waals surface area (Å²) in [6.45, 7) is 0. The van der Waals surface area contributed by atoms with Crippen molar-refractivity contribution < 1.29 is 4.79 Å². The topological polar surface area (TPSA) is 85.8 Å². The van der Waals surface area contributed by atoms with Gasteiger partial charge in [-0.1, -0.05) is 18.2 Å². The molecule has 2 aromatic heterocycles. The smallest absolute Gasteiger partial charge is 0.270 e. The first-order valence-corrected chi connectivity index (χ1v) is 9.69. The molecular formula is C19H22ClN5OS. The first kappa shape index (κ1) is 19.5. The Kier molecular flexibility index (Phi) is 6.26. The number of benzene rings is 1. The molecule has 0 saturated heterocycles. The molecule has 1 aromatic carbocycles. The molecule has 6 nitrogen and oxygen atoms in total. The molecule has 4 rings (SSSR count). The second-order valence-electron chi connectivity index (χ2n) is 6.63. The molecule has 1 amide bonds. The van der Waals surface area contributed by atoms with Crippen molar-refractivity contribution in [2.24, 2.45) is 5.73 Å². The van der Waals surface area contributed by atoms with Crippen LogP contribution in [0.15, 0.2) is 48.1 Å². The van der Waals surface area contributed by atoms with E-state index in [0.29, 0.717) is 5.69 Å². The lowest BCUT2D eigenvalue weighted by Crippen LogP contribution is -2.40. The van der Waals surface area contributed by atoms with E-state index in [2.05, 4.69) is 15.4 Å². The number of nitrogens with one attached hydrogen (secondary N) is 1. The van der Waals surface area contributed by atoms with Crippen molar-refractivity contribution in [2.75, 3.05) is 0 Å². The van der Waals surface area contributed by atoms with Gasteiger partial charge in [-0.3, -0.25) is 4.79 Å². The maximum Gasteiger partial charge on any atom is 0.270 e. The average molecular weight is 404 g/mol. The van der Waals surface area contributed by atoms with Gasteiger partial charge in [0.05, 0.1) is 11.9 Å². The average Bonchev–Trinajstić information content (AvgIpc) is 3.34. The van der Waals surface area contributed by atoms with Crippen molar-refractivity contribution in [3.05, 3.63) is 53.8 Å². The quantitative estimate of drug-likeness (QED) is 0.698. The number of thiazole rings is 1. The fourth-order valence-corrected chi connectivity index (χ4v) is 3.96. The fourth-order valence-electron chi connectivity index (χ4n) is 3.19. The molecule has 3 N–H and O–H groups in total. The molecule has 0 atom stereocenters. The van der Waals surface area contributed by atoms with Gasteiger partial charge in [-0.05, 0) is 37.8 Å². The normalized spacial score (nSPS) is 19.3. The van der Waals surface area contributed by atoms with Crippen LogP contribution in [0.1, 0.15) is 36.2 Å². The van der Waals surface area contributed by atoms with Crippen LogP contribution in [0.2, 0.25) is 0 Å². The highest BCUT2D eigenvalue weighted by atomic mass is 35.5. The Bertz CT molecular complexity index is 886. The van der Waals surface area contributed by atoms with Crippen LogP contribution < -0.4 is 11.1 Å². The van der Waals surface area contributed by atoms with Crippen LogP contribution in [0.3, 0.4) is 0 Å². The minimum absolute atomic E-state index is 0. The number of carbonyl (C=O) groups excluding carboxylic acids is 1. The number of nitrogens with two attached hydrogens (primary N) is 1. The molecule has 2 heterocycles. The molecule has 27 heavy (non-hydrogen) atoms. The summed E-state index contributed by atoms with van der Waals surface area (Å²) in [5.74, 6) is -0.108. The first-order chi connectivity index (χ1) is 12.7. The van der Waals surface area contributed by atoms with E-state index in [1.807, 2.05) is 41.2 Å². The summed E-state index contributed by atoms with van der Waals surface area (Å²) in [7, 11) is 0. The summed E-state index contributed by atoms with van der Waals surface area (Å²) < 4.78 is 1.81. The zero-order valence-electron chi connectivity index (χ0n) is 14.7. The van der Waals surface area contributed by atoms with E-state index < -0.39 is 0 Å². The number of hydrogen-bond acceptors (Lipinski definition) is 5. The minimum atomic E-state index is -0.108. The van der Waals surface area contributed by atoms with Crippen LogP contribution in [-0.4, -0.2) is 32.8 Å². The Hall–Kier alpha value is -2.22. The summed E-state index contributed by atoms with van der Waals surface area (Å²) in [5.41, 5.74) is 8.28. The molecule has 0 unspecified atom stereocenters. The predicted octanol–water partition coefficient (Wildman–Crippen LogP) is 3.42.